The summed E-state index contributed by atoms with van der Waals surface area (Å²) in [4.78, 5) is 0. The minimum atomic E-state index is 0.794. The van der Waals surface area contributed by atoms with Gasteiger partial charge in [-0.2, -0.15) is 0 Å². The smallest absolute Gasteiger partial charge is 0.0587 e. The highest BCUT2D eigenvalue weighted by Crippen LogP contribution is 1.84. The van der Waals surface area contributed by atoms with E-state index in [4.69, 9.17) is 9.47 Å². The van der Waals surface area contributed by atoms with Crippen LogP contribution in [0, 0.1) is 0 Å². The molecule has 0 aromatic carbocycles. The van der Waals surface area contributed by atoms with Gasteiger partial charge < -0.3 is 20.1 Å². The second kappa shape index (κ2) is 14.8. The molecule has 4 heteroatoms. The number of hydrogen-bond donors (Lipinski definition) is 2. The monoisotopic (exact) mass is 232 g/mol. The Morgan fingerprint density at radius 1 is 0.812 bits per heavy atom. The van der Waals surface area contributed by atoms with Crippen molar-refractivity contribution in [3.63, 3.8) is 0 Å². The summed E-state index contributed by atoms with van der Waals surface area (Å²) in [5.74, 6) is 0. The van der Waals surface area contributed by atoms with Gasteiger partial charge in [0.25, 0.3) is 0 Å². The van der Waals surface area contributed by atoms with Crippen LogP contribution in [0.3, 0.4) is 0 Å². The number of ether oxygens (including phenoxy) is 2. The maximum atomic E-state index is 5.39. The fourth-order valence-corrected chi connectivity index (χ4v) is 1.31. The van der Waals surface area contributed by atoms with Gasteiger partial charge >= 0.3 is 0 Å². The van der Waals surface area contributed by atoms with Crippen LogP contribution in [0.25, 0.3) is 0 Å². The molecule has 0 amide bonds. The van der Waals surface area contributed by atoms with E-state index in [9.17, 15) is 0 Å². The van der Waals surface area contributed by atoms with Crippen LogP contribution in [0.2, 0.25) is 0 Å². The van der Waals surface area contributed by atoms with Crippen LogP contribution in [0.15, 0.2) is 0 Å². The van der Waals surface area contributed by atoms with Gasteiger partial charge in [0.1, 0.15) is 0 Å². The Balaban J connectivity index is 2.83. The first-order valence-electron chi connectivity index (χ1n) is 6.40. The Bertz CT molecular complexity index is 110. The van der Waals surface area contributed by atoms with E-state index in [2.05, 4.69) is 17.6 Å². The molecule has 0 aliphatic heterocycles. The lowest BCUT2D eigenvalue weighted by molar-refractivity contribution is 0.132. The first-order valence-corrected chi connectivity index (χ1v) is 6.40. The van der Waals surface area contributed by atoms with Crippen molar-refractivity contribution in [1.29, 1.82) is 0 Å². The summed E-state index contributed by atoms with van der Waals surface area (Å²) in [5, 5.41) is 6.72. The third-order valence-electron chi connectivity index (χ3n) is 2.18. The molecule has 0 aliphatic rings. The summed E-state index contributed by atoms with van der Waals surface area (Å²) in [6, 6.07) is 0. The van der Waals surface area contributed by atoms with E-state index in [1.54, 1.807) is 7.11 Å². The van der Waals surface area contributed by atoms with Gasteiger partial charge in [0.15, 0.2) is 0 Å². The van der Waals surface area contributed by atoms with Crippen molar-refractivity contribution in [3.05, 3.63) is 0 Å². The highest BCUT2D eigenvalue weighted by Gasteiger charge is 1.90. The molecule has 0 saturated carbocycles. The molecule has 0 saturated heterocycles. The van der Waals surface area contributed by atoms with Gasteiger partial charge in [0, 0.05) is 26.9 Å². The predicted octanol–water partition coefficient (Wildman–Crippen LogP) is 1.02. The lowest BCUT2D eigenvalue weighted by atomic mass is 10.4. The molecule has 0 fully saturated rings. The zero-order valence-electron chi connectivity index (χ0n) is 10.9. The largest absolute Gasteiger partial charge is 0.383 e. The molecule has 2 N–H and O–H groups in total. The van der Waals surface area contributed by atoms with E-state index in [1.165, 1.54) is 6.42 Å². The molecule has 0 atom stereocenters. The lowest BCUT2D eigenvalue weighted by Crippen LogP contribution is -2.25. The molecule has 0 aromatic rings. The number of nitrogens with one attached hydrogen (secondary N) is 2. The molecule has 98 valence electrons. The molecule has 0 rings (SSSR count). The minimum absolute atomic E-state index is 0.794. The van der Waals surface area contributed by atoms with Crippen LogP contribution in [0.4, 0.5) is 0 Å². The van der Waals surface area contributed by atoms with Gasteiger partial charge in [-0.3, -0.25) is 0 Å². The summed E-state index contributed by atoms with van der Waals surface area (Å²) in [6.45, 7) is 8.84. The van der Waals surface area contributed by atoms with Crippen molar-refractivity contribution < 1.29 is 9.47 Å². The molecule has 0 radical (unpaired) electrons. The van der Waals surface area contributed by atoms with Gasteiger partial charge in [-0.15, -0.1) is 0 Å². The van der Waals surface area contributed by atoms with Crippen LogP contribution in [0.1, 0.15) is 26.2 Å². The van der Waals surface area contributed by atoms with E-state index in [1.807, 2.05) is 0 Å². The van der Waals surface area contributed by atoms with Crippen molar-refractivity contribution >= 4 is 0 Å². The molecule has 0 aromatic heterocycles. The molecular weight excluding hydrogens is 204 g/mol. The second-order valence-electron chi connectivity index (χ2n) is 3.81. The summed E-state index contributed by atoms with van der Waals surface area (Å²) in [6.07, 6.45) is 3.39. The molecule has 0 unspecified atom stereocenters. The lowest BCUT2D eigenvalue weighted by Gasteiger charge is -2.06. The molecule has 0 bridgehead atoms. The molecule has 16 heavy (non-hydrogen) atoms. The van der Waals surface area contributed by atoms with Gasteiger partial charge in [-0.25, -0.2) is 0 Å². The highest BCUT2D eigenvalue weighted by atomic mass is 16.5. The fraction of sp³-hybridized carbons (Fsp3) is 1.00. The third kappa shape index (κ3) is 13.8. The highest BCUT2D eigenvalue weighted by molar-refractivity contribution is 4.51. The van der Waals surface area contributed by atoms with E-state index in [0.29, 0.717) is 0 Å². The summed E-state index contributed by atoms with van der Waals surface area (Å²) >= 11 is 0. The topological polar surface area (TPSA) is 42.5 Å². The van der Waals surface area contributed by atoms with Crippen molar-refractivity contribution in [2.75, 3.05) is 53.1 Å². The summed E-state index contributed by atoms with van der Waals surface area (Å²) in [7, 11) is 1.73. The molecule has 0 aliphatic carbocycles. The van der Waals surface area contributed by atoms with E-state index in [0.717, 1.165) is 58.8 Å². The Morgan fingerprint density at radius 3 is 2.19 bits per heavy atom. The van der Waals surface area contributed by atoms with Crippen molar-refractivity contribution in [1.82, 2.24) is 10.6 Å². The maximum Gasteiger partial charge on any atom is 0.0587 e. The zero-order chi connectivity index (χ0) is 11.9. The van der Waals surface area contributed by atoms with Crippen LogP contribution in [-0.2, 0) is 9.47 Å². The Hall–Kier alpha value is -0.160. The fourth-order valence-electron chi connectivity index (χ4n) is 1.31. The average molecular weight is 232 g/mol. The summed E-state index contributed by atoms with van der Waals surface area (Å²) < 4.78 is 10.3. The van der Waals surface area contributed by atoms with Crippen molar-refractivity contribution in [2.45, 2.75) is 26.2 Å². The van der Waals surface area contributed by atoms with Gasteiger partial charge in [0.05, 0.1) is 6.61 Å². The molecule has 0 heterocycles. The first-order chi connectivity index (χ1) is 7.91. The van der Waals surface area contributed by atoms with Gasteiger partial charge in [-0.1, -0.05) is 6.92 Å². The van der Waals surface area contributed by atoms with Crippen LogP contribution in [-0.4, -0.2) is 53.1 Å². The summed E-state index contributed by atoms with van der Waals surface area (Å²) in [5.41, 5.74) is 0. The zero-order valence-corrected chi connectivity index (χ0v) is 10.9. The number of rotatable bonds is 13. The minimum Gasteiger partial charge on any atom is -0.383 e. The average Bonchev–Trinajstić information content (AvgIpc) is 2.31. The first kappa shape index (κ1) is 15.8. The van der Waals surface area contributed by atoms with Crippen LogP contribution >= 0.6 is 0 Å². The van der Waals surface area contributed by atoms with Gasteiger partial charge in [0.2, 0.25) is 0 Å². The normalized spacial score (nSPS) is 10.9. The van der Waals surface area contributed by atoms with E-state index < -0.39 is 0 Å². The maximum absolute atomic E-state index is 5.39. The molecular formula is C12H28N2O2. The number of methoxy groups -OCH3 is 1. The Labute approximate surface area is 100 Å². The quantitative estimate of drug-likeness (QED) is 0.465. The second-order valence-corrected chi connectivity index (χ2v) is 3.81. The molecule has 4 nitrogen and oxygen atoms in total. The van der Waals surface area contributed by atoms with E-state index in [-0.39, 0.29) is 0 Å². The van der Waals surface area contributed by atoms with E-state index >= 15 is 0 Å². The van der Waals surface area contributed by atoms with Gasteiger partial charge in [-0.05, 0) is 38.9 Å². The van der Waals surface area contributed by atoms with Crippen LogP contribution < -0.4 is 10.6 Å². The van der Waals surface area contributed by atoms with Crippen LogP contribution in [0.5, 0.6) is 0 Å². The standard InChI is InChI=1S/C12H28N2O2/c1-3-10-16-11-5-8-13-6-4-7-14-9-12-15-2/h13-14H,3-12H2,1-2H3. The number of hydrogen-bond acceptors (Lipinski definition) is 4. The predicted molar refractivity (Wildman–Crippen MR) is 68.0 cm³/mol. The Morgan fingerprint density at radius 2 is 1.50 bits per heavy atom. The third-order valence-corrected chi connectivity index (χ3v) is 2.18. The van der Waals surface area contributed by atoms with Crippen molar-refractivity contribution in [3.8, 4) is 0 Å². The Kier molecular flexibility index (Phi) is 14.7. The SMILES string of the molecule is CCCOCCCNCCCNCCOC. The van der Waals surface area contributed by atoms with Crippen molar-refractivity contribution in [2.24, 2.45) is 0 Å². The molecule has 0 spiro atoms.